The van der Waals surface area contributed by atoms with Crippen molar-refractivity contribution in [2.45, 2.75) is 38.0 Å². The number of anilines is 1. The maximum Gasteiger partial charge on any atom is 0.234 e. The van der Waals surface area contributed by atoms with E-state index in [1.165, 1.54) is 12.1 Å². The van der Waals surface area contributed by atoms with Gasteiger partial charge in [-0.05, 0) is 48.9 Å². The maximum atomic E-state index is 14.1. The molecular weight excluding hydrogens is 311 g/mol. The van der Waals surface area contributed by atoms with Crippen molar-refractivity contribution in [3.05, 3.63) is 29.6 Å². The molecule has 2 heterocycles. The summed E-state index contributed by atoms with van der Waals surface area (Å²) in [5.74, 6) is -1.08. The second-order valence-electron chi connectivity index (χ2n) is 6.58. The monoisotopic (exact) mass is 332 g/mol. The number of piperidine rings is 2. The largest absolute Gasteiger partial charge is 0.371 e. The number of amides is 2. The number of carbonyl (C=O) groups is 3. The minimum absolute atomic E-state index is 0.273. The van der Waals surface area contributed by atoms with Crippen LogP contribution in [0.4, 0.5) is 10.1 Å². The van der Waals surface area contributed by atoms with Crippen molar-refractivity contribution in [1.29, 1.82) is 0 Å². The molecule has 1 aromatic carbocycles. The summed E-state index contributed by atoms with van der Waals surface area (Å²) in [6, 6.07) is 4.71. The number of imide groups is 1. The Morgan fingerprint density at radius 1 is 1.17 bits per heavy atom. The molecule has 3 rings (SSSR count). The average molecular weight is 332 g/mol. The smallest absolute Gasteiger partial charge is 0.234 e. The summed E-state index contributed by atoms with van der Waals surface area (Å²) in [5.41, 5.74) is 1.38. The molecule has 1 atom stereocenters. The van der Waals surface area contributed by atoms with E-state index in [1.54, 1.807) is 0 Å². The molecule has 0 spiro atoms. The minimum atomic E-state index is -0.482. The van der Waals surface area contributed by atoms with Crippen molar-refractivity contribution in [3.63, 3.8) is 0 Å². The van der Waals surface area contributed by atoms with E-state index in [1.807, 2.05) is 6.07 Å². The van der Waals surface area contributed by atoms with E-state index in [2.05, 4.69) is 10.2 Å². The molecule has 1 N–H and O–H groups in total. The zero-order chi connectivity index (χ0) is 17.1. The van der Waals surface area contributed by atoms with Crippen molar-refractivity contribution in [1.82, 2.24) is 5.32 Å². The summed E-state index contributed by atoms with van der Waals surface area (Å²) in [4.78, 5) is 36.0. The van der Waals surface area contributed by atoms with E-state index < -0.39 is 5.92 Å². The van der Waals surface area contributed by atoms with Crippen LogP contribution in [-0.4, -0.2) is 31.2 Å². The maximum absolute atomic E-state index is 14.1. The molecule has 2 saturated heterocycles. The van der Waals surface area contributed by atoms with E-state index >= 15 is 0 Å². The number of nitrogens with zero attached hydrogens (tertiary/aromatic N) is 1. The van der Waals surface area contributed by atoms with Gasteiger partial charge in [0.05, 0.1) is 5.92 Å². The first-order valence-electron chi connectivity index (χ1n) is 8.39. The Hall–Kier alpha value is -2.24. The highest BCUT2D eigenvalue weighted by atomic mass is 19.1. The molecule has 6 heteroatoms. The van der Waals surface area contributed by atoms with Crippen LogP contribution in [0.15, 0.2) is 18.2 Å². The lowest BCUT2D eigenvalue weighted by molar-refractivity contribution is -0.134. The Labute approximate surface area is 140 Å². The van der Waals surface area contributed by atoms with Crippen LogP contribution in [0.3, 0.4) is 0 Å². The van der Waals surface area contributed by atoms with E-state index in [9.17, 15) is 18.8 Å². The Bertz CT molecular complexity index is 654. The van der Waals surface area contributed by atoms with Crippen LogP contribution in [0.25, 0.3) is 0 Å². The first kappa shape index (κ1) is 16.6. The first-order valence-corrected chi connectivity index (χ1v) is 8.39. The molecule has 2 fully saturated rings. The highest BCUT2D eigenvalue weighted by molar-refractivity contribution is 6.01. The van der Waals surface area contributed by atoms with Gasteiger partial charge in [-0.3, -0.25) is 14.9 Å². The highest BCUT2D eigenvalue weighted by Crippen LogP contribution is 2.31. The second kappa shape index (κ2) is 7.11. The van der Waals surface area contributed by atoms with Gasteiger partial charge in [0, 0.05) is 31.6 Å². The van der Waals surface area contributed by atoms with Crippen molar-refractivity contribution < 1.29 is 18.8 Å². The number of carbonyl (C=O) groups excluding carboxylic acids is 3. The van der Waals surface area contributed by atoms with Crippen molar-refractivity contribution in [2.75, 3.05) is 18.0 Å². The number of hydrogen-bond donors (Lipinski definition) is 1. The molecule has 2 aliphatic rings. The van der Waals surface area contributed by atoms with Crippen LogP contribution in [0.1, 0.15) is 43.6 Å². The van der Waals surface area contributed by atoms with Gasteiger partial charge in [-0.2, -0.15) is 0 Å². The predicted octanol–water partition coefficient (Wildman–Crippen LogP) is 2.15. The zero-order valence-corrected chi connectivity index (χ0v) is 13.5. The molecule has 1 unspecified atom stereocenters. The predicted molar refractivity (Wildman–Crippen MR) is 87.1 cm³/mol. The zero-order valence-electron chi connectivity index (χ0n) is 13.5. The number of halogens is 1. The van der Waals surface area contributed by atoms with Gasteiger partial charge in [0.1, 0.15) is 12.1 Å². The molecule has 0 bridgehead atoms. The van der Waals surface area contributed by atoms with Gasteiger partial charge in [0.25, 0.3) is 0 Å². The fourth-order valence-corrected chi connectivity index (χ4v) is 3.55. The Morgan fingerprint density at radius 2 is 1.92 bits per heavy atom. The standard InChI is InChI=1S/C18H21FN2O3/c19-14-9-13(16-1-2-17(23)20-18(16)24)10-15(11-14)21-6-3-12(4-7-21)5-8-22/h8-12,16H,1-7H2,(H,20,23,24). The molecule has 0 radical (unpaired) electrons. The van der Waals surface area contributed by atoms with Crippen LogP contribution in [0.2, 0.25) is 0 Å². The average Bonchev–Trinajstić information content (AvgIpc) is 2.55. The van der Waals surface area contributed by atoms with Gasteiger partial charge in [-0.1, -0.05) is 0 Å². The van der Waals surface area contributed by atoms with E-state index in [0.29, 0.717) is 24.3 Å². The summed E-state index contributed by atoms with van der Waals surface area (Å²) in [6.45, 7) is 1.55. The van der Waals surface area contributed by atoms with Gasteiger partial charge in [-0.15, -0.1) is 0 Å². The third-order valence-electron chi connectivity index (χ3n) is 4.96. The fraction of sp³-hybridized carbons (Fsp3) is 0.500. The van der Waals surface area contributed by atoms with Crippen molar-refractivity contribution in [2.24, 2.45) is 5.92 Å². The highest BCUT2D eigenvalue weighted by Gasteiger charge is 2.29. The number of rotatable bonds is 4. The van der Waals surface area contributed by atoms with Crippen molar-refractivity contribution in [3.8, 4) is 0 Å². The van der Waals surface area contributed by atoms with E-state index in [4.69, 9.17) is 0 Å². The molecule has 1 aromatic rings. The summed E-state index contributed by atoms with van der Waals surface area (Å²) in [5, 5.41) is 2.32. The van der Waals surface area contributed by atoms with Gasteiger partial charge in [-0.25, -0.2) is 4.39 Å². The molecule has 2 amide bonds. The van der Waals surface area contributed by atoms with Crippen LogP contribution in [-0.2, 0) is 14.4 Å². The summed E-state index contributed by atoms with van der Waals surface area (Å²) in [7, 11) is 0. The normalized spacial score (nSPS) is 22.4. The number of hydrogen-bond acceptors (Lipinski definition) is 4. The molecule has 0 saturated carbocycles. The fourth-order valence-electron chi connectivity index (χ4n) is 3.55. The quantitative estimate of drug-likeness (QED) is 0.678. The molecule has 0 aliphatic carbocycles. The lowest BCUT2D eigenvalue weighted by Gasteiger charge is -2.33. The minimum Gasteiger partial charge on any atom is -0.371 e. The van der Waals surface area contributed by atoms with E-state index in [-0.39, 0.29) is 24.1 Å². The number of nitrogens with one attached hydrogen (secondary N) is 1. The van der Waals surface area contributed by atoms with Gasteiger partial charge >= 0.3 is 0 Å². The molecular formula is C18H21FN2O3. The Morgan fingerprint density at radius 3 is 2.58 bits per heavy atom. The first-order chi connectivity index (χ1) is 11.6. The summed E-state index contributed by atoms with van der Waals surface area (Å²) in [6.07, 6.45) is 4.04. The lowest BCUT2D eigenvalue weighted by Crippen LogP contribution is -2.39. The van der Waals surface area contributed by atoms with Crippen LogP contribution in [0.5, 0.6) is 0 Å². The van der Waals surface area contributed by atoms with Crippen LogP contribution in [0, 0.1) is 11.7 Å². The van der Waals surface area contributed by atoms with Crippen LogP contribution < -0.4 is 10.2 Å². The summed E-state index contributed by atoms with van der Waals surface area (Å²) < 4.78 is 14.1. The van der Waals surface area contributed by atoms with Crippen molar-refractivity contribution >= 4 is 23.8 Å². The summed E-state index contributed by atoms with van der Waals surface area (Å²) >= 11 is 0. The van der Waals surface area contributed by atoms with Crippen LogP contribution >= 0.6 is 0 Å². The van der Waals surface area contributed by atoms with Gasteiger partial charge in [0.2, 0.25) is 11.8 Å². The molecule has 128 valence electrons. The van der Waals surface area contributed by atoms with E-state index in [0.717, 1.165) is 37.9 Å². The van der Waals surface area contributed by atoms with Gasteiger partial charge in [0.15, 0.2) is 0 Å². The SMILES string of the molecule is O=CCC1CCN(c2cc(F)cc(C3CCC(=O)NC3=O)c2)CC1. The lowest BCUT2D eigenvalue weighted by atomic mass is 9.89. The van der Waals surface area contributed by atoms with Gasteiger partial charge < -0.3 is 9.69 Å². The molecule has 2 aliphatic heterocycles. The molecule has 0 aromatic heterocycles. The third-order valence-corrected chi connectivity index (χ3v) is 4.96. The topological polar surface area (TPSA) is 66.5 Å². The third kappa shape index (κ3) is 3.63. The second-order valence-corrected chi connectivity index (χ2v) is 6.58. The number of benzene rings is 1. The Kier molecular flexibility index (Phi) is 4.92. The molecule has 24 heavy (non-hydrogen) atoms. The molecule has 5 nitrogen and oxygen atoms in total. The Balaban J connectivity index is 1.76. The number of aldehydes is 1.